The zero-order valence-corrected chi connectivity index (χ0v) is 7.96. The van der Waals surface area contributed by atoms with Gasteiger partial charge >= 0.3 is 0 Å². The third-order valence-electron chi connectivity index (χ3n) is 1.21. The van der Waals surface area contributed by atoms with Gasteiger partial charge in [-0.05, 0) is 47.2 Å². The summed E-state index contributed by atoms with van der Waals surface area (Å²) in [5.74, 6) is 0.953. The Bertz CT molecular complexity index is 210. The summed E-state index contributed by atoms with van der Waals surface area (Å²) in [6.45, 7) is 2.06. The van der Waals surface area contributed by atoms with Gasteiger partial charge in [0.2, 0.25) is 0 Å². The molecule has 0 heterocycles. The summed E-state index contributed by atoms with van der Waals surface area (Å²) in [6.07, 6.45) is 0. The van der Waals surface area contributed by atoms with E-state index in [9.17, 15) is 0 Å². The van der Waals surface area contributed by atoms with E-state index in [2.05, 4.69) is 35.6 Å². The van der Waals surface area contributed by atoms with Crippen LogP contribution in [-0.2, 0) is 0 Å². The van der Waals surface area contributed by atoms with Gasteiger partial charge in [0.05, 0.1) is 0 Å². The highest BCUT2D eigenvalue weighted by molar-refractivity contribution is 14.1. The molecule has 0 aliphatic heterocycles. The molecule has 1 aromatic rings. The fraction of sp³-hybridized carbons (Fsp3) is 0.250. The lowest BCUT2D eigenvalue weighted by atomic mass is 10.2. The van der Waals surface area contributed by atoms with E-state index in [1.807, 2.05) is 18.2 Å². The van der Waals surface area contributed by atoms with Crippen molar-refractivity contribution in [2.45, 2.75) is 6.92 Å². The molecular weight excluding hydrogens is 239 g/mol. The van der Waals surface area contributed by atoms with Crippen LogP contribution >= 0.6 is 22.6 Å². The average Bonchev–Trinajstić information content (AvgIpc) is 1.88. The number of benzene rings is 1. The molecule has 0 aliphatic carbocycles. The molecule has 54 valence electrons. The van der Waals surface area contributed by atoms with Crippen molar-refractivity contribution in [3.05, 3.63) is 29.8 Å². The van der Waals surface area contributed by atoms with Crippen molar-refractivity contribution in [2.75, 3.05) is 4.61 Å². The van der Waals surface area contributed by atoms with E-state index in [4.69, 9.17) is 4.74 Å². The quantitative estimate of drug-likeness (QED) is 0.577. The summed E-state index contributed by atoms with van der Waals surface area (Å²) in [6, 6.07) is 8.04. The predicted molar refractivity (Wildman–Crippen MR) is 50.7 cm³/mol. The second-order valence-corrected chi connectivity index (χ2v) is 2.69. The summed E-state index contributed by atoms with van der Waals surface area (Å²) >= 11 is 2.18. The van der Waals surface area contributed by atoms with E-state index in [0.29, 0.717) is 4.61 Å². The van der Waals surface area contributed by atoms with E-state index in [1.165, 1.54) is 5.56 Å². The molecule has 0 aliphatic rings. The second-order valence-electron chi connectivity index (χ2n) is 2.07. The summed E-state index contributed by atoms with van der Waals surface area (Å²) in [5.41, 5.74) is 1.24. The van der Waals surface area contributed by atoms with Gasteiger partial charge in [-0.25, -0.2) is 0 Å². The topological polar surface area (TPSA) is 9.23 Å². The molecule has 0 radical (unpaired) electrons. The number of ether oxygens (including phenoxy) is 1. The van der Waals surface area contributed by atoms with Crippen LogP contribution in [0.5, 0.6) is 5.75 Å². The summed E-state index contributed by atoms with van der Waals surface area (Å²) in [4.78, 5) is 0. The second kappa shape index (κ2) is 3.81. The molecule has 0 N–H and O–H groups in total. The van der Waals surface area contributed by atoms with Crippen molar-refractivity contribution in [1.29, 1.82) is 0 Å². The van der Waals surface area contributed by atoms with Gasteiger partial charge in [0.15, 0.2) is 0 Å². The number of rotatable bonds is 2. The molecule has 0 atom stereocenters. The van der Waals surface area contributed by atoms with Crippen LogP contribution in [0.3, 0.4) is 0 Å². The van der Waals surface area contributed by atoms with Gasteiger partial charge in [0, 0.05) is 0 Å². The van der Waals surface area contributed by atoms with Crippen molar-refractivity contribution >= 4 is 22.6 Å². The minimum Gasteiger partial charge on any atom is -0.483 e. The minimum absolute atomic E-state index is 0.710. The standard InChI is InChI=1S/C8H9IO/c1-7-3-2-4-8(5-7)10-6-9/h2-5H,6H2,1H3. The van der Waals surface area contributed by atoms with Crippen molar-refractivity contribution in [3.8, 4) is 5.75 Å². The molecule has 0 amide bonds. The molecule has 1 aromatic carbocycles. The summed E-state index contributed by atoms with van der Waals surface area (Å²) in [7, 11) is 0. The summed E-state index contributed by atoms with van der Waals surface area (Å²) < 4.78 is 5.98. The van der Waals surface area contributed by atoms with Gasteiger partial charge in [-0.15, -0.1) is 0 Å². The lowest BCUT2D eigenvalue weighted by Gasteiger charge is -2.00. The molecule has 0 unspecified atom stereocenters. The first-order chi connectivity index (χ1) is 4.83. The summed E-state index contributed by atoms with van der Waals surface area (Å²) in [5, 5.41) is 0. The molecule has 1 rings (SSSR count). The maximum absolute atomic E-state index is 5.27. The monoisotopic (exact) mass is 248 g/mol. The van der Waals surface area contributed by atoms with Crippen molar-refractivity contribution in [2.24, 2.45) is 0 Å². The highest BCUT2D eigenvalue weighted by atomic mass is 127. The SMILES string of the molecule is Cc1cccc(OCI)c1. The molecule has 10 heavy (non-hydrogen) atoms. The highest BCUT2D eigenvalue weighted by Gasteiger charge is 1.89. The van der Waals surface area contributed by atoms with Crippen LogP contribution in [0.15, 0.2) is 24.3 Å². The Hall–Kier alpha value is -0.250. The van der Waals surface area contributed by atoms with Crippen molar-refractivity contribution in [3.63, 3.8) is 0 Å². The molecule has 0 saturated heterocycles. The van der Waals surface area contributed by atoms with Crippen LogP contribution < -0.4 is 4.74 Å². The maximum atomic E-state index is 5.27. The average molecular weight is 248 g/mol. The number of hydrogen-bond donors (Lipinski definition) is 0. The fourth-order valence-electron chi connectivity index (χ4n) is 0.768. The highest BCUT2D eigenvalue weighted by Crippen LogP contribution is 2.12. The molecule has 0 saturated carbocycles. The Morgan fingerprint density at radius 2 is 2.30 bits per heavy atom. The van der Waals surface area contributed by atoms with Gasteiger partial charge in [-0.3, -0.25) is 0 Å². The number of halogens is 1. The zero-order valence-electron chi connectivity index (χ0n) is 5.80. The number of alkyl halides is 1. The van der Waals surface area contributed by atoms with E-state index in [-0.39, 0.29) is 0 Å². The van der Waals surface area contributed by atoms with Gasteiger partial charge < -0.3 is 4.74 Å². The maximum Gasteiger partial charge on any atom is 0.139 e. The van der Waals surface area contributed by atoms with Crippen molar-refractivity contribution < 1.29 is 4.74 Å². The predicted octanol–water partition coefficient (Wildman–Crippen LogP) is 2.77. The van der Waals surface area contributed by atoms with Gasteiger partial charge in [-0.1, -0.05) is 12.1 Å². The Morgan fingerprint density at radius 3 is 2.90 bits per heavy atom. The number of hydrogen-bond acceptors (Lipinski definition) is 1. The lowest BCUT2D eigenvalue weighted by Crippen LogP contribution is -1.87. The van der Waals surface area contributed by atoms with Crippen molar-refractivity contribution in [1.82, 2.24) is 0 Å². The lowest BCUT2D eigenvalue weighted by molar-refractivity contribution is 0.404. The third kappa shape index (κ3) is 2.17. The van der Waals surface area contributed by atoms with Crippen LogP contribution in [0.2, 0.25) is 0 Å². The minimum atomic E-state index is 0.710. The van der Waals surface area contributed by atoms with Crippen LogP contribution in [-0.4, -0.2) is 4.61 Å². The van der Waals surface area contributed by atoms with Crippen LogP contribution in [0.4, 0.5) is 0 Å². The Kier molecular flexibility index (Phi) is 2.99. The molecule has 2 heteroatoms. The molecule has 0 bridgehead atoms. The van der Waals surface area contributed by atoms with E-state index in [0.717, 1.165) is 5.75 Å². The molecule has 1 nitrogen and oxygen atoms in total. The largest absolute Gasteiger partial charge is 0.483 e. The van der Waals surface area contributed by atoms with Crippen LogP contribution in [0, 0.1) is 6.92 Å². The Labute approximate surface area is 74.5 Å². The molecular formula is C8H9IO. The van der Waals surface area contributed by atoms with E-state index >= 15 is 0 Å². The smallest absolute Gasteiger partial charge is 0.139 e. The Morgan fingerprint density at radius 1 is 1.50 bits per heavy atom. The van der Waals surface area contributed by atoms with Gasteiger partial charge in [0.1, 0.15) is 10.4 Å². The first-order valence-corrected chi connectivity index (χ1v) is 4.61. The number of aryl methyl sites for hydroxylation is 1. The van der Waals surface area contributed by atoms with E-state index in [1.54, 1.807) is 0 Å². The van der Waals surface area contributed by atoms with Gasteiger partial charge in [0.25, 0.3) is 0 Å². The first-order valence-electron chi connectivity index (χ1n) is 3.08. The fourth-order valence-corrected chi connectivity index (χ4v) is 1.13. The third-order valence-corrected chi connectivity index (χ3v) is 1.52. The van der Waals surface area contributed by atoms with Crippen LogP contribution in [0.25, 0.3) is 0 Å². The molecule has 0 fully saturated rings. The van der Waals surface area contributed by atoms with E-state index < -0.39 is 0 Å². The Balaban J connectivity index is 2.75. The normalized spacial score (nSPS) is 9.40. The van der Waals surface area contributed by atoms with Crippen LogP contribution in [0.1, 0.15) is 5.56 Å². The first kappa shape index (κ1) is 7.85. The van der Waals surface area contributed by atoms with Gasteiger partial charge in [-0.2, -0.15) is 0 Å². The molecule has 0 aromatic heterocycles. The zero-order chi connectivity index (χ0) is 7.40. The molecule has 0 spiro atoms.